The Kier molecular flexibility index (Phi) is 3.55. The van der Waals surface area contributed by atoms with Crippen LogP contribution in [0.3, 0.4) is 0 Å². The molecule has 0 saturated carbocycles. The van der Waals surface area contributed by atoms with E-state index < -0.39 is 34.0 Å². The third-order valence-corrected chi connectivity index (χ3v) is 5.63. The Morgan fingerprint density at radius 1 is 1.40 bits per heavy atom. The molecule has 20 heavy (non-hydrogen) atoms. The molecule has 0 aliphatic carbocycles. The summed E-state index contributed by atoms with van der Waals surface area (Å²) in [6.45, 7) is 0. The minimum atomic E-state index is -4.51. The molecule has 1 aliphatic heterocycles. The zero-order chi connectivity index (χ0) is 15.0. The second-order valence-electron chi connectivity index (χ2n) is 4.13. The summed E-state index contributed by atoms with van der Waals surface area (Å²) in [5.74, 6) is -0.605. The van der Waals surface area contributed by atoms with Crippen LogP contribution in [-0.2, 0) is 15.2 Å². The van der Waals surface area contributed by atoms with Crippen molar-refractivity contribution >= 4 is 22.3 Å². The smallest absolute Gasteiger partial charge is 0.393 e. The fraction of sp³-hybridized carbons (Fsp3) is 0.273. The van der Waals surface area contributed by atoms with Crippen LogP contribution in [0.25, 0.3) is 0 Å². The zero-order valence-electron chi connectivity index (χ0n) is 10.1. The van der Waals surface area contributed by atoms with E-state index in [4.69, 9.17) is 9.92 Å². The first-order valence-electron chi connectivity index (χ1n) is 5.44. The normalized spacial score (nSPS) is 25.6. The van der Waals surface area contributed by atoms with E-state index in [1.54, 1.807) is 0 Å². The van der Waals surface area contributed by atoms with Crippen LogP contribution in [0.2, 0.25) is 0 Å². The summed E-state index contributed by atoms with van der Waals surface area (Å²) in [7, 11) is -2.51. The number of hydrogen-bond acceptors (Lipinski definition) is 3. The van der Waals surface area contributed by atoms with Crippen LogP contribution in [0.5, 0.6) is 0 Å². The fourth-order valence-electron chi connectivity index (χ4n) is 1.85. The average Bonchev–Trinajstić information content (AvgIpc) is 2.70. The third-order valence-electron chi connectivity index (χ3n) is 2.70. The number of alkyl halides is 3. The van der Waals surface area contributed by atoms with Crippen molar-refractivity contribution in [2.75, 3.05) is 11.6 Å². The number of nitrogens with two attached hydrogens (primary N) is 1. The predicted molar refractivity (Wildman–Crippen MR) is 65.8 cm³/mol. The SMILES string of the molecule is NC(=O)OS1(c2cccc(C(F)(F)F)c2)CNC(=O)C1. The number of halogens is 3. The number of amides is 2. The van der Waals surface area contributed by atoms with Crippen molar-refractivity contribution in [2.24, 2.45) is 5.73 Å². The molecule has 1 atom stereocenters. The summed E-state index contributed by atoms with van der Waals surface area (Å²) in [6, 6.07) is 4.40. The van der Waals surface area contributed by atoms with Crippen molar-refractivity contribution in [2.45, 2.75) is 11.1 Å². The fourth-order valence-corrected chi connectivity index (χ4v) is 4.40. The van der Waals surface area contributed by atoms with E-state index in [9.17, 15) is 22.8 Å². The van der Waals surface area contributed by atoms with E-state index in [1.807, 2.05) is 0 Å². The van der Waals surface area contributed by atoms with Gasteiger partial charge in [-0.3, -0.25) is 4.79 Å². The molecule has 1 saturated heterocycles. The summed E-state index contributed by atoms with van der Waals surface area (Å²) >= 11 is 0. The van der Waals surface area contributed by atoms with E-state index in [0.29, 0.717) is 0 Å². The molecule has 0 radical (unpaired) electrons. The molecule has 5 nitrogen and oxygen atoms in total. The van der Waals surface area contributed by atoms with Crippen molar-refractivity contribution < 1.29 is 26.9 Å². The minimum absolute atomic E-state index is 0.0317. The van der Waals surface area contributed by atoms with Crippen LogP contribution in [0.15, 0.2) is 29.2 Å². The quantitative estimate of drug-likeness (QED) is 0.876. The van der Waals surface area contributed by atoms with Crippen molar-refractivity contribution in [3.63, 3.8) is 0 Å². The molecule has 0 bridgehead atoms. The molecule has 0 spiro atoms. The summed E-state index contributed by atoms with van der Waals surface area (Å²) < 4.78 is 43.1. The predicted octanol–water partition coefficient (Wildman–Crippen LogP) is 1.97. The molecule has 0 aromatic heterocycles. The van der Waals surface area contributed by atoms with Gasteiger partial charge in [-0.05, 0) is 28.5 Å². The summed E-state index contributed by atoms with van der Waals surface area (Å²) in [5.41, 5.74) is 4.10. The molecule has 1 unspecified atom stereocenters. The number of rotatable bonds is 2. The molecule has 110 valence electrons. The van der Waals surface area contributed by atoms with Gasteiger partial charge in [0.15, 0.2) is 0 Å². The second kappa shape index (κ2) is 4.89. The lowest BCUT2D eigenvalue weighted by Crippen LogP contribution is -2.20. The van der Waals surface area contributed by atoms with Gasteiger partial charge in [0.1, 0.15) is 0 Å². The van der Waals surface area contributed by atoms with Crippen molar-refractivity contribution in [1.29, 1.82) is 0 Å². The summed E-state index contributed by atoms with van der Waals surface area (Å²) in [4.78, 5) is 22.5. The molecule has 1 aromatic rings. The van der Waals surface area contributed by atoms with Crippen LogP contribution in [0.4, 0.5) is 18.0 Å². The lowest BCUT2D eigenvalue weighted by atomic mass is 10.2. The van der Waals surface area contributed by atoms with E-state index in [-0.39, 0.29) is 16.5 Å². The van der Waals surface area contributed by atoms with Crippen LogP contribution in [0, 0.1) is 0 Å². The molecule has 1 aromatic carbocycles. The van der Waals surface area contributed by atoms with Gasteiger partial charge in [0.2, 0.25) is 5.91 Å². The van der Waals surface area contributed by atoms with E-state index in [2.05, 4.69) is 5.32 Å². The first kappa shape index (κ1) is 14.5. The Morgan fingerprint density at radius 2 is 2.10 bits per heavy atom. The lowest BCUT2D eigenvalue weighted by Gasteiger charge is -2.32. The summed E-state index contributed by atoms with van der Waals surface area (Å²) in [5, 5.41) is 2.46. The molecule has 1 heterocycles. The number of carbonyl (C=O) groups excluding carboxylic acids is 2. The third kappa shape index (κ3) is 2.82. The molecule has 2 rings (SSSR count). The maximum absolute atomic E-state index is 12.7. The highest BCUT2D eigenvalue weighted by molar-refractivity contribution is 8.31. The van der Waals surface area contributed by atoms with Gasteiger partial charge in [0.05, 0.1) is 17.2 Å². The monoisotopic (exact) mass is 308 g/mol. The second-order valence-corrected chi connectivity index (χ2v) is 6.97. The van der Waals surface area contributed by atoms with Crippen molar-refractivity contribution in [1.82, 2.24) is 5.32 Å². The highest BCUT2D eigenvalue weighted by atomic mass is 32.3. The van der Waals surface area contributed by atoms with Crippen molar-refractivity contribution in [3.05, 3.63) is 29.8 Å². The summed E-state index contributed by atoms with van der Waals surface area (Å²) in [6.07, 6.45) is -5.63. The number of hydrogen-bond donors (Lipinski definition) is 2. The highest BCUT2D eigenvalue weighted by Crippen LogP contribution is 2.58. The largest absolute Gasteiger partial charge is 0.416 e. The Balaban J connectivity index is 2.45. The Hall–Kier alpha value is -1.90. The Labute approximate surface area is 113 Å². The Bertz CT molecular complexity index is 564. The average molecular weight is 308 g/mol. The van der Waals surface area contributed by atoms with E-state index in [1.165, 1.54) is 12.1 Å². The molecular formula is C11H11F3N2O3S. The van der Waals surface area contributed by atoms with Crippen LogP contribution in [0.1, 0.15) is 5.56 Å². The number of carbonyl (C=O) groups is 2. The van der Waals surface area contributed by atoms with Gasteiger partial charge in [-0.1, -0.05) is 6.07 Å². The van der Waals surface area contributed by atoms with Gasteiger partial charge in [-0.15, -0.1) is 0 Å². The molecule has 3 N–H and O–H groups in total. The van der Waals surface area contributed by atoms with E-state index >= 15 is 0 Å². The van der Waals surface area contributed by atoms with Gasteiger partial charge in [-0.2, -0.15) is 13.2 Å². The van der Waals surface area contributed by atoms with Gasteiger partial charge in [0.25, 0.3) is 0 Å². The van der Waals surface area contributed by atoms with Crippen LogP contribution >= 0.6 is 10.3 Å². The highest BCUT2D eigenvalue weighted by Gasteiger charge is 2.40. The Morgan fingerprint density at radius 3 is 2.60 bits per heavy atom. The molecule has 2 amide bonds. The van der Waals surface area contributed by atoms with Crippen molar-refractivity contribution in [3.8, 4) is 0 Å². The van der Waals surface area contributed by atoms with Gasteiger partial charge < -0.3 is 15.2 Å². The first-order valence-corrected chi connectivity index (χ1v) is 7.34. The van der Waals surface area contributed by atoms with Gasteiger partial charge in [0, 0.05) is 4.90 Å². The topological polar surface area (TPSA) is 81.4 Å². The van der Waals surface area contributed by atoms with Crippen LogP contribution in [-0.4, -0.2) is 23.6 Å². The maximum Gasteiger partial charge on any atom is 0.416 e. The first-order chi connectivity index (χ1) is 9.23. The number of benzene rings is 1. The molecule has 1 fully saturated rings. The van der Waals surface area contributed by atoms with Gasteiger partial charge in [-0.25, -0.2) is 4.79 Å². The standard InChI is InChI=1S/C11H11F3N2O3S/c12-11(13,14)7-2-1-3-8(4-7)20(19-10(15)18)5-9(17)16-6-20/h1-4H,5-6H2,(H2,15,18)(H,16,17). The maximum atomic E-state index is 12.7. The minimum Gasteiger partial charge on any atom is -0.393 e. The number of primary amides is 1. The number of nitrogens with one attached hydrogen (secondary N) is 1. The zero-order valence-corrected chi connectivity index (χ0v) is 10.9. The molecular weight excluding hydrogens is 297 g/mol. The van der Waals surface area contributed by atoms with Crippen LogP contribution < -0.4 is 11.1 Å². The van der Waals surface area contributed by atoms with E-state index in [0.717, 1.165) is 12.1 Å². The molecule has 1 aliphatic rings. The molecule has 9 heteroatoms. The lowest BCUT2D eigenvalue weighted by molar-refractivity contribution is -0.137. The van der Waals surface area contributed by atoms with Gasteiger partial charge >= 0.3 is 12.3 Å².